The Morgan fingerprint density at radius 2 is 1.70 bits per heavy atom. The van der Waals surface area contributed by atoms with Crippen molar-refractivity contribution in [1.29, 1.82) is 0 Å². The van der Waals surface area contributed by atoms with E-state index in [4.69, 9.17) is 10.5 Å². The van der Waals surface area contributed by atoms with Crippen molar-refractivity contribution in [3.05, 3.63) is 11.6 Å². The van der Waals surface area contributed by atoms with Crippen LogP contribution in [0.3, 0.4) is 0 Å². The van der Waals surface area contributed by atoms with Crippen LogP contribution in [0.25, 0.3) is 0 Å². The van der Waals surface area contributed by atoms with Crippen LogP contribution in [0, 0.1) is 5.41 Å². The zero-order valence-electron chi connectivity index (χ0n) is 12.6. The summed E-state index contributed by atoms with van der Waals surface area (Å²) in [5.41, 5.74) is 5.88. The van der Waals surface area contributed by atoms with Crippen molar-refractivity contribution in [3.63, 3.8) is 0 Å². The van der Waals surface area contributed by atoms with Gasteiger partial charge in [-0.15, -0.1) is 0 Å². The summed E-state index contributed by atoms with van der Waals surface area (Å²) >= 11 is 0. The van der Waals surface area contributed by atoms with E-state index in [-0.39, 0.29) is 5.60 Å². The first-order chi connectivity index (χ1) is 9.44. The van der Waals surface area contributed by atoms with Gasteiger partial charge >= 0.3 is 0 Å². The van der Waals surface area contributed by atoms with Crippen LogP contribution in [0.4, 0.5) is 5.95 Å². The molecule has 0 atom stereocenters. The van der Waals surface area contributed by atoms with Crippen LogP contribution in [0.1, 0.15) is 69.9 Å². The molecule has 0 unspecified atom stereocenters. The highest BCUT2D eigenvalue weighted by Gasteiger charge is 2.43. The molecule has 0 bridgehead atoms. The standard InChI is InChI=1S/C15H24N4O/c1-14(2)6-8-15(20-3,9-7-14)12-17-11(10-4-5-10)18-13(16)19-12/h10H,4-9H2,1-3H3,(H2,16,17,18,19). The topological polar surface area (TPSA) is 73.9 Å². The third-order valence-corrected chi connectivity index (χ3v) is 4.82. The fourth-order valence-corrected chi connectivity index (χ4v) is 2.99. The molecule has 20 heavy (non-hydrogen) atoms. The SMILES string of the molecule is COC1(c2nc(N)nc(C3CC3)n2)CCC(C)(C)CC1. The maximum atomic E-state index is 5.88. The van der Waals surface area contributed by atoms with Crippen LogP contribution in [0.2, 0.25) is 0 Å². The summed E-state index contributed by atoms with van der Waals surface area (Å²) in [5.74, 6) is 2.41. The molecular weight excluding hydrogens is 252 g/mol. The summed E-state index contributed by atoms with van der Waals surface area (Å²) in [5, 5.41) is 0. The van der Waals surface area contributed by atoms with Crippen molar-refractivity contribution in [2.24, 2.45) is 5.41 Å². The van der Waals surface area contributed by atoms with E-state index < -0.39 is 0 Å². The van der Waals surface area contributed by atoms with Crippen LogP contribution >= 0.6 is 0 Å². The van der Waals surface area contributed by atoms with E-state index in [1.165, 1.54) is 0 Å². The van der Waals surface area contributed by atoms with Gasteiger partial charge in [0.15, 0.2) is 5.82 Å². The number of aromatic nitrogens is 3. The molecule has 0 spiro atoms. The Morgan fingerprint density at radius 3 is 2.25 bits per heavy atom. The summed E-state index contributed by atoms with van der Waals surface area (Å²) < 4.78 is 5.86. The van der Waals surface area contributed by atoms with E-state index in [1.807, 2.05) is 0 Å². The maximum Gasteiger partial charge on any atom is 0.223 e. The minimum Gasteiger partial charge on any atom is -0.370 e. The van der Waals surface area contributed by atoms with Gasteiger partial charge in [-0.25, -0.2) is 4.98 Å². The Kier molecular flexibility index (Phi) is 3.20. The number of nitrogen functional groups attached to an aromatic ring is 1. The summed E-state index contributed by atoms with van der Waals surface area (Å²) in [6.07, 6.45) is 6.45. The fraction of sp³-hybridized carbons (Fsp3) is 0.800. The van der Waals surface area contributed by atoms with Crippen LogP contribution in [-0.2, 0) is 10.3 Å². The van der Waals surface area contributed by atoms with Gasteiger partial charge in [0.05, 0.1) is 0 Å². The lowest BCUT2D eigenvalue weighted by molar-refractivity contribution is -0.0731. The van der Waals surface area contributed by atoms with Crippen LogP contribution in [0.15, 0.2) is 0 Å². The average molecular weight is 276 g/mol. The quantitative estimate of drug-likeness (QED) is 0.918. The highest BCUT2D eigenvalue weighted by molar-refractivity contribution is 5.22. The Balaban J connectivity index is 1.93. The lowest BCUT2D eigenvalue weighted by atomic mass is 9.70. The smallest absolute Gasteiger partial charge is 0.223 e. The van der Waals surface area contributed by atoms with Gasteiger partial charge in [0, 0.05) is 13.0 Å². The molecule has 0 radical (unpaired) electrons. The molecule has 2 fully saturated rings. The molecule has 1 heterocycles. The van der Waals surface area contributed by atoms with Crippen molar-refractivity contribution in [2.45, 2.75) is 63.9 Å². The van der Waals surface area contributed by atoms with Crippen molar-refractivity contribution in [3.8, 4) is 0 Å². The molecule has 3 rings (SSSR count). The largest absolute Gasteiger partial charge is 0.370 e. The molecule has 2 aliphatic carbocycles. The van der Waals surface area contributed by atoms with E-state index in [2.05, 4.69) is 28.8 Å². The third kappa shape index (κ3) is 2.51. The molecule has 0 amide bonds. The molecular formula is C15H24N4O. The maximum absolute atomic E-state index is 5.88. The van der Waals surface area contributed by atoms with Crippen LogP contribution in [0.5, 0.6) is 0 Å². The average Bonchev–Trinajstić information content (AvgIpc) is 3.23. The summed E-state index contributed by atoms with van der Waals surface area (Å²) in [4.78, 5) is 13.4. The zero-order chi connectivity index (χ0) is 14.4. The van der Waals surface area contributed by atoms with Gasteiger partial charge in [0.25, 0.3) is 0 Å². The van der Waals surface area contributed by atoms with Crippen molar-refractivity contribution in [1.82, 2.24) is 15.0 Å². The van der Waals surface area contributed by atoms with Crippen LogP contribution in [-0.4, -0.2) is 22.1 Å². The second-order valence-corrected chi connectivity index (χ2v) is 7.01. The van der Waals surface area contributed by atoms with E-state index in [0.29, 0.717) is 17.3 Å². The first-order valence-corrected chi connectivity index (χ1v) is 7.51. The molecule has 110 valence electrons. The monoisotopic (exact) mass is 276 g/mol. The second kappa shape index (κ2) is 4.65. The summed E-state index contributed by atoms with van der Waals surface area (Å²) in [6.45, 7) is 4.62. The molecule has 5 heteroatoms. The van der Waals surface area contributed by atoms with E-state index in [9.17, 15) is 0 Å². The minimum atomic E-state index is -0.379. The first-order valence-electron chi connectivity index (χ1n) is 7.51. The lowest BCUT2D eigenvalue weighted by Gasteiger charge is -2.41. The highest BCUT2D eigenvalue weighted by Crippen LogP contribution is 2.47. The molecule has 2 saturated carbocycles. The van der Waals surface area contributed by atoms with Crippen LogP contribution < -0.4 is 5.73 Å². The van der Waals surface area contributed by atoms with Gasteiger partial charge in [-0.1, -0.05) is 13.8 Å². The number of rotatable bonds is 3. The van der Waals surface area contributed by atoms with Gasteiger partial charge in [0.2, 0.25) is 5.95 Å². The Morgan fingerprint density at radius 1 is 1.05 bits per heavy atom. The molecule has 2 aliphatic rings. The number of nitrogens with two attached hydrogens (primary N) is 1. The fourth-order valence-electron chi connectivity index (χ4n) is 2.99. The zero-order valence-corrected chi connectivity index (χ0v) is 12.6. The number of methoxy groups -OCH3 is 1. The number of anilines is 1. The van der Waals surface area contributed by atoms with Gasteiger partial charge in [0.1, 0.15) is 11.4 Å². The highest BCUT2D eigenvalue weighted by atomic mass is 16.5. The number of hydrogen-bond acceptors (Lipinski definition) is 5. The predicted octanol–water partition coefficient (Wildman–Crippen LogP) is 2.77. The normalized spacial score (nSPS) is 24.6. The van der Waals surface area contributed by atoms with Gasteiger partial charge < -0.3 is 10.5 Å². The van der Waals surface area contributed by atoms with Gasteiger partial charge in [-0.05, 0) is 43.9 Å². The Hall–Kier alpha value is -1.23. The Bertz CT molecular complexity index is 501. The molecule has 0 aromatic carbocycles. The first kappa shape index (κ1) is 13.7. The van der Waals surface area contributed by atoms with Crippen molar-refractivity contribution in [2.75, 3.05) is 12.8 Å². The Labute approximate surface area is 120 Å². The minimum absolute atomic E-state index is 0.332. The third-order valence-electron chi connectivity index (χ3n) is 4.82. The van der Waals surface area contributed by atoms with E-state index in [0.717, 1.165) is 50.2 Å². The van der Waals surface area contributed by atoms with Gasteiger partial charge in [-0.2, -0.15) is 9.97 Å². The van der Waals surface area contributed by atoms with Crippen molar-refractivity contribution < 1.29 is 4.74 Å². The number of nitrogens with zero attached hydrogens (tertiary/aromatic N) is 3. The molecule has 5 nitrogen and oxygen atoms in total. The summed E-state index contributed by atoms with van der Waals surface area (Å²) in [7, 11) is 1.76. The number of hydrogen-bond donors (Lipinski definition) is 1. The predicted molar refractivity (Wildman–Crippen MR) is 77.2 cm³/mol. The molecule has 1 aromatic heterocycles. The lowest BCUT2D eigenvalue weighted by Crippen LogP contribution is -2.38. The summed E-state index contributed by atoms with van der Waals surface area (Å²) in [6, 6.07) is 0. The van der Waals surface area contributed by atoms with E-state index in [1.54, 1.807) is 7.11 Å². The molecule has 1 aromatic rings. The second-order valence-electron chi connectivity index (χ2n) is 7.01. The van der Waals surface area contributed by atoms with E-state index >= 15 is 0 Å². The van der Waals surface area contributed by atoms with Gasteiger partial charge in [-0.3, -0.25) is 0 Å². The molecule has 2 N–H and O–H groups in total. The molecule has 0 aliphatic heterocycles. The number of ether oxygens (including phenoxy) is 1. The van der Waals surface area contributed by atoms with Crippen molar-refractivity contribution >= 4 is 5.95 Å². The molecule has 0 saturated heterocycles.